The number of morpholine rings is 1. The summed E-state index contributed by atoms with van der Waals surface area (Å²) in [6.45, 7) is 8.81. The smallest absolute Gasteiger partial charge is 0.134 e. The first-order valence-corrected chi connectivity index (χ1v) is 9.63. The molecule has 0 radical (unpaired) electrons. The molecule has 8 nitrogen and oxygen atoms in total. The van der Waals surface area contributed by atoms with Crippen LogP contribution in [0.3, 0.4) is 0 Å². The summed E-state index contributed by atoms with van der Waals surface area (Å²) in [5.74, 6) is 0.774. The van der Waals surface area contributed by atoms with Crippen LogP contribution in [0.1, 0.15) is 41.1 Å². The third-order valence-corrected chi connectivity index (χ3v) is 4.02. The molecule has 0 atom stereocenters. The summed E-state index contributed by atoms with van der Waals surface area (Å²) < 4.78 is 5.37. The monoisotopic (exact) mass is 416 g/mol. The van der Waals surface area contributed by atoms with Crippen molar-refractivity contribution in [1.82, 2.24) is 19.9 Å². The Hall–Kier alpha value is -3.13. The van der Waals surface area contributed by atoms with Crippen molar-refractivity contribution in [2.45, 2.75) is 28.2 Å². The minimum absolute atomic E-state index is 0. The highest BCUT2D eigenvalue weighted by molar-refractivity contribution is 6.12. The van der Waals surface area contributed by atoms with Crippen molar-refractivity contribution in [2.75, 3.05) is 33.4 Å². The highest BCUT2D eigenvalue weighted by Gasteiger charge is 2.09. The molecule has 0 aliphatic carbocycles. The van der Waals surface area contributed by atoms with Crippen molar-refractivity contribution in [3.63, 3.8) is 0 Å². The molecule has 2 aromatic heterocycles. The number of pyridine rings is 1. The third kappa shape index (κ3) is 7.36. The van der Waals surface area contributed by atoms with Crippen LogP contribution in [0.2, 0.25) is 0 Å². The Kier molecular flexibility index (Phi) is 10.9. The average molecular weight is 417 g/mol. The number of hydrogen-bond acceptors (Lipinski definition) is 7. The number of rotatable bonds is 5. The van der Waals surface area contributed by atoms with E-state index in [4.69, 9.17) is 4.74 Å². The quantitative estimate of drug-likeness (QED) is 0.587. The molecule has 0 amide bonds. The zero-order chi connectivity index (χ0) is 21.1. The van der Waals surface area contributed by atoms with Crippen LogP contribution >= 0.6 is 0 Å². The number of allylic oxidation sites excluding steroid dienone is 1. The van der Waals surface area contributed by atoms with Gasteiger partial charge in [-0.05, 0) is 19.1 Å². The molecule has 0 saturated carbocycles. The van der Waals surface area contributed by atoms with Gasteiger partial charge in [0.25, 0.3) is 0 Å². The summed E-state index contributed by atoms with van der Waals surface area (Å²) in [6.07, 6.45) is 10.1. The predicted octanol–water partition coefficient (Wildman–Crippen LogP) is 3.86. The molecule has 0 spiro atoms. The normalized spacial score (nSPS) is 14.7. The molecular formula is C22H36N6O2. The van der Waals surface area contributed by atoms with Gasteiger partial charge in [-0.2, -0.15) is 0 Å². The predicted molar refractivity (Wildman–Crippen MR) is 126 cm³/mol. The van der Waals surface area contributed by atoms with Gasteiger partial charge in [0.1, 0.15) is 11.6 Å². The lowest BCUT2D eigenvalue weighted by atomic mass is 10.1. The van der Waals surface area contributed by atoms with Crippen molar-refractivity contribution in [3.8, 4) is 5.75 Å². The Balaban J connectivity index is 0. The van der Waals surface area contributed by atoms with Gasteiger partial charge in [0, 0.05) is 52.7 Å². The van der Waals surface area contributed by atoms with Crippen molar-refractivity contribution in [2.24, 2.45) is 9.98 Å². The van der Waals surface area contributed by atoms with E-state index in [0.29, 0.717) is 36.0 Å². The van der Waals surface area contributed by atoms with Gasteiger partial charge in [0.2, 0.25) is 0 Å². The van der Waals surface area contributed by atoms with E-state index in [-0.39, 0.29) is 16.0 Å². The molecular weight excluding hydrogens is 380 g/mol. The zero-order valence-corrected chi connectivity index (χ0v) is 17.4. The fourth-order valence-corrected chi connectivity index (χ4v) is 2.53. The number of aryl methyl sites for hydroxylation is 1. The van der Waals surface area contributed by atoms with E-state index in [1.165, 1.54) is 6.20 Å². The highest BCUT2D eigenvalue weighted by Crippen LogP contribution is 2.18. The van der Waals surface area contributed by atoms with Crippen molar-refractivity contribution >= 4 is 17.7 Å². The second-order valence-corrected chi connectivity index (χ2v) is 5.98. The van der Waals surface area contributed by atoms with Gasteiger partial charge >= 0.3 is 0 Å². The maximum atomic E-state index is 9.71. The second kappa shape index (κ2) is 13.2. The third-order valence-electron chi connectivity index (χ3n) is 4.02. The van der Waals surface area contributed by atoms with Crippen LogP contribution in [0, 0.1) is 6.92 Å². The second-order valence-electron chi connectivity index (χ2n) is 5.98. The van der Waals surface area contributed by atoms with E-state index in [2.05, 4.69) is 29.8 Å². The largest absolute Gasteiger partial charge is 0.506 e. The molecule has 3 heterocycles. The van der Waals surface area contributed by atoms with Crippen LogP contribution in [-0.4, -0.2) is 70.4 Å². The SMILES string of the molecule is C.CC.CN=C(/C=C(\N=CN1CCOCC1)c1cnc(C)nc1)c1cncc(O)c1.[HH].[HH]. The number of aromatic hydroxyl groups is 1. The van der Waals surface area contributed by atoms with E-state index in [9.17, 15) is 5.11 Å². The van der Waals surface area contributed by atoms with Gasteiger partial charge < -0.3 is 14.7 Å². The first-order chi connectivity index (χ1) is 14.2. The Morgan fingerprint density at radius 2 is 1.80 bits per heavy atom. The summed E-state index contributed by atoms with van der Waals surface area (Å²) >= 11 is 0. The Morgan fingerprint density at radius 3 is 2.40 bits per heavy atom. The standard InChI is InChI=1S/C19H22N6O2.C2H6.CH4.2H2/c1-14-22-10-16(11-23-14)19(24-13-25-3-5-27-6-4-25)8-18(20-2)15-7-17(26)12-21-9-15;1-2;;;/h7-13,26H,3-6H2,1-2H3;1-2H3;1H4;2*1H/b19-8-,20-18?,24-13?;;;;. The van der Waals surface area contributed by atoms with Crippen molar-refractivity contribution < 1.29 is 12.7 Å². The summed E-state index contributed by atoms with van der Waals surface area (Å²) in [5.41, 5.74) is 2.79. The van der Waals surface area contributed by atoms with Crippen LogP contribution < -0.4 is 0 Å². The number of aliphatic imine (C=N–C) groups is 2. The lowest BCUT2D eigenvalue weighted by Gasteiger charge is -2.24. The van der Waals surface area contributed by atoms with E-state index in [0.717, 1.165) is 18.7 Å². The van der Waals surface area contributed by atoms with E-state index < -0.39 is 0 Å². The molecule has 30 heavy (non-hydrogen) atoms. The number of hydrogen-bond donors (Lipinski definition) is 1. The lowest BCUT2D eigenvalue weighted by Crippen LogP contribution is -2.35. The maximum Gasteiger partial charge on any atom is 0.134 e. The fourth-order valence-electron chi connectivity index (χ4n) is 2.53. The molecule has 1 aliphatic rings. The fraction of sp³-hybridized carbons (Fsp3) is 0.409. The lowest BCUT2D eigenvalue weighted by molar-refractivity contribution is 0.0701. The van der Waals surface area contributed by atoms with E-state index in [1.54, 1.807) is 31.7 Å². The molecule has 1 aliphatic heterocycles. The summed E-state index contributed by atoms with van der Waals surface area (Å²) in [6, 6.07) is 1.61. The van der Waals surface area contributed by atoms with Crippen molar-refractivity contribution in [3.05, 3.63) is 53.9 Å². The van der Waals surface area contributed by atoms with Crippen LogP contribution in [-0.2, 0) is 4.74 Å². The van der Waals surface area contributed by atoms with Gasteiger partial charge in [-0.3, -0.25) is 9.98 Å². The molecule has 1 fully saturated rings. The first-order valence-electron chi connectivity index (χ1n) is 9.63. The molecule has 1 N–H and O–H groups in total. The number of nitrogens with zero attached hydrogens (tertiary/aromatic N) is 6. The molecule has 0 unspecified atom stereocenters. The van der Waals surface area contributed by atoms with Gasteiger partial charge in [0.15, 0.2) is 0 Å². The average Bonchev–Trinajstić information content (AvgIpc) is 2.77. The van der Waals surface area contributed by atoms with Crippen LogP contribution in [0.5, 0.6) is 5.75 Å². The summed E-state index contributed by atoms with van der Waals surface area (Å²) in [5, 5.41) is 9.71. The number of ether oxygens (including phenoxy) is 1. The molecule has 0 aromatic carbocycles. The molecule has 166 valence electrons. The molecule has 1 saturated heterocycles. The van der Waals surface area contributed by atoms with E-state index in [1.807, 2.05) is 33.2 Å². The number of aromatic nitrogens is 3. The van der Waals surface area contributed by atoms with Gasteiger partial charge in [-0.15, -0.1) is 0 Å². The Bertz CT molecular complexity index is 867. The highest BCUT2D eigenvalue weighted by atomic mass is 16.5. The summed E-state index contributed by atoms with van der Waals surface area (Å²) in [4.78, 5) is 23.6. The van der Waals surface area contributed by atoms with Crippen LogP contribution in [0.25, 0.3) is 5.70 Å². The Morgan fingerprint density at radius 1 is 1.13 bits per heavy atom. The molecule has 0 bridgehead atoms. The van der Waals surface area contributed by atoms with Crippen molar-refractivity contribution in [1.29, 1.82) is 0 Å². The minimum Gasteiger partial charge on any atom is -0.506 e. The zero-order valence-electron chi connectivity index (χ0n) is 17.4. The minimum atomic E-state index is 0. The maximum absolute atomic E-state index is 9.71. The topological polar surface area (TPSA) is 96.1 Å². The van der Waals surface area contributed by atoms with Crippen LogP contribution in [0.4, 0.5) is 0 Å². The Labute approximate surface area is 182 Å². The molecule has 8 heteroatoms. The van der Waals surface area contributed by atoms with Gasteiger partial charge in [-0.25, -0.2) is 15.0 Å². The van der Waals surface area contributed by atoms with E-state index >= 15 is 0 Å². The molecule has 3 rings (SSSR count). The van der Waals surface area contributed by atoms with Gasteiger partial charge in [-0.1, -0.05) is 21.3 Å². The summed E-state index contributed by atoms with van der Waals surface area (Å²) in [7, 11) is 1.69. The van der Waals surface area contributed by atoms with Crippen LogP contribution in [0.15, 0.2) is 46.9 Å². The van der Waals surface area contributed by atoms with Gasteiger partial charge in [0.05, 0.1) is 37.2 Å². The first kappa shape index (κ1) is 24.9. The molecule has 2 aromatic rings.